The maximum absolute atomic E-state index is 8.75. The van der Waals surface area contributed by atoms with Crippen molar-refractivity contribution in [1.29, 1.82) is 5.26 Å². The molecular weight excluding hydrogens is 324 g/mol. The van der Waals surface area contributed by atoms with Crippen LogP contribution in [0, 0.1) is 11.3 Å². The minimum atomic E-state index is 0.274. The first kappa shape index (κ1) is 14.5. The molecule has 0 aliphatic rings. The summed E-state index contributed by atoms with van der Waals surface area (Å²) in [6.07, 6.45) is 0.274. The van der Waals surface area contributed by atoms with Crippen molar-refractivity contribution < 1.29 is 0 Å². The average molecular weight is 331 g/mol. The maximum Gasteiger partial charge on any atom is 0.0669 e. The molecule has 0 spiro atoms. The molecule has 0 fully saturated rings. The van der Waals surface area contributed by atoms with E-state index in [-0.39, 0.29) is 6.42 Å². The molecule has 2 aromatic rings. The quantitative estimate of drug-likeness (QED) is 0.659. The third-order valence-electron chi connectivity index (χ3n) is 2.54. The van der Waals surface area contributed by atoms with Gasteiger partial charge in [-0.3, -0.25) is 0 Å². The highest BCUT2D eigenvalue weighted by Gasteiger charge is 2.11. The Labute approximate surface area is 131 Å². The molecule has 0 saturated heterocycles. The summed E-state index contributed by atoms with van der Waals surface area (Å²) in [5.41, 5.74) is 2.24. The number of rotatable bonds is 2. The molecule has 5 heteroatoms. The van der Waals surface area contributed by atoms with E-state index in [0.29, 0.717) is 25.7 Å². The lowest BCUT2D eigenvalue weighted by atomic mass is 10.0. The first-order chi connectivity index (χ1) is 9.01. The smallest absolute Gasteiger partial charge is 0.0669 e. The molecule has 96 valence electrons. The minimum absolute atomic E-state index is 0.274. The van der Waals surface area contributed by atoms with Crippen LogP contribution in [0.15, 0.2) is 30.3 Å². The van der Waals surface area contributed by atoms with Crippen molar-refractivity contribution in [2.75, 3.05) is 0 Å². The van der Waals surface area contributed by atoms with E-state index < -0.39 is 0 Å². The van der Waals surface area contributed by atoms with Crippen LogP contribution in [0.25, 0.3) is 11.1 Å². The predicted octanol–water partition coefficient (Wildman–Crippen LogP) is 6.03. The van der Waals surface area contributed by atoms with Crippen LogP contribution in [-0.2, 0) is 6.42 Å². The van der Waals surface area contributed by atoms with Gasteiger partial charge in [-0.2, -0.15) is 5.26 Å². The first-order valence-electron chi connectivity index (χ1n) is 5.32. The lowest BCUT2D eigenvalue weighted by Gasteiger charge is -2.10. The average Bonchev–Trinajstić information content (AvgIpc) is 2.26. The Hall–Kier alpha value is -0.910. The molecule has 2 aromatic carbocycles. The van der Waals surface area contributed by atoms with E-state index in [4.69, 9.17) is 51.7 Å². The Kier molecular flexibility index (Phi) is 4.60. The van der Waals surface area contributed by atoms with E-state index >= 15 is 0 Å². The molecule has 0 bridgehead atoms. The number of benzene rings is 2. The molecule has 0 aliphatic carbocycles. The first-order valence-corrected chi connectivity index (χ1v) is 6.84. The van der Waals surface area contributed by atoms with Gasteiger partial charge in [0, 0.05) is 15.6 Å². The predicted molar refractivity (Wildman–Crippen MR) is 81.2 cm³/mol. The third kappa shape index (κ3) is 3.35. The second-order valence-electron chi connectivity index (χ2n) is 3.93. The highest BCUT2D eigenvalue weighted by atomic mass is 35.5. The fourth-order valence-electron chi connectivity index (χ4n) is 1.81. The van der Waals surface area contributed by atoms with Gasteiger partial charge in [0.05, 0.1) is 22.5 Å². The molecule has 19 heavy (non-hydrogen) atoms. The van der Waals surface area contributed by atoms with Crippen molar-refractivity contribution >= 4 is 46.4 Å². The molecule has 0 aliphatic heterocycles. The lowest BCUT2D eigenvalue weighted by molar-refractivity contribution is 1.26. The summed E-state index contributed by atoms with van der Waals surface area (Å²) in [5, 5.41) is 10.7. The van der Waals surface area contributed by atoms with Gasteiger partial charge in [0.2, 0.25) is 0 Å². The zero-order chi connectivity index (χ0) is 14.0. The third-order valence-corrected chi connectivity index (χ3v) is 3.57. The molecule has 2 rings (SSSR count). The van der Waals surface area contributed by atoms with Crippen molar-refractivity contribution in [3.05, 3.63) is 56.0 Å². The number of nitriles is 1. The number of hydrogen-bond acceptors (Lipinski definition) is 1. The van der Waals surface area contributed by atoms with Crippen molar-refractivity contribution in [2.24, 2.45) is 0 Å². The largest absolute Gasteiger partial charge is 0.198 e. The van der Waals surface area contributed by atoms with Crippen LogP contribution in [0.5, 0.6) is 0 Å². The van der Waals surface area contributed by atoms with Gasteiger partial charge in [-0.1, -0.05) is 46.4 Å². The summed E-state index contributed by atoms with van der Waals surface area (Å²) in [5.74, 6) is 0. The van der Waals surface area contributed by atoms with Gasteiger partial charge < -0.3 is 0 Å². The van der Waals surface area contributed by atoms with Gasteiger partial charge in [-0.15, -0.1) is 0 Å². The van der Waals surface area contributed by atoms with Crippen LogP contribution in [0.2, 0.25) is 20.1 Å². The highest BCUT2D eigenvalue weighted by molar-refractivity contribution is 6.42. The molecule has 0 saturated carbocycles. The van der Waals surface area contributed by atoms with E-state index in [1.807, 2.05) is 6.07 Å². The Balaban J connectivity index is 2.62. The fourth-order valence-corrected chi connectivity index (χ4v) is 3.10. The van der Waals surface area contributed by atoms with E-state index in [1.165, 1.54) is 0 Å². The zero-order valence-corrected chi connectivity index (χ0v) is 12.6. The van der Waals surface area contributed by atoms with Crippen LogP contribution in [0.3, 0.4) is 0 Å². The summed E-state index contributed by atoms with van der Waals surface area (Å²) < 4.78 is 0. The normalized spacial score (nSPS) is 10.3. The van der Waals surface area contributed by atoms with Crippen LogP contribution >= 0.6 is 46.4 Å². The standard InChI is InChI=1S/C14H7Cl4N/c15-10-4-8(1-2-19)3-9(5-10)14-12(17)6-11(16)7-13(14)18/h3-7H,1H2. The van der Waals surface area contributed by atoms with Gasteiger partial charge in [-0.05, 0) is 41.5 Å². The van der Waals surface area contributed by atoms with Gasteiger partial charge in [0.15, 0.2) is 0 Å². The summed E-state index contributed by atoms with van der Waals surface area (Å²) in [6.45, 7) is 0. The van der Waals surface area contributed by atoms with Gasteiger partial charge >= 0.3 is 0 Å². The number of hydrogen-bond donors (Lipinski definition) is 0. The molecule has 0 N–H and O–H groups in total. The van der Waals surface area contributed by atoms with Gasteiger partial charge in [-0.25, -0.2) is 0 Å². The van der Waals surface area contributed by atoms with Crippen molar-refractivity contribution in [2.45, 2.75) is 6.42 Å². The number of halogens is 4. The van der Waals surface area contributed by atoms with Crippen LogP contribution in [-0.4, -0.2) is 0 Å². The SMILES string of the molecule is N#CCc1cc(Cl)cc(-c2c(Cl)cc(Cl)cc2Cl)c1. The molecule has 1 nitrogen and oxygen atoms in total. The Morgan fingerprint density at radius 3 is 2.00 bits per heavy atom. The summed E-state index contributed by atoms with van der Waals surface area (Å²) in [4.78, 5) is 0. The summed E-state index contributed by atoms with van der Waals surface area (Å²) in [7, 11) is 0. The van der Waals surface area contributed by atoms with E-state index in [9.17, 15) is 0 Å². The monoisotopic (exact) mass is 329 g/mol. The topological polar surface area (TPSA) is 23.8 Å². The second kappa shape index (κ2) is 6.03. The Bertz CT molecular complexity index is 651. The molecule has 0 unspecified atom stereocenters. The summed E-state index contributed by atoms with van der Waals surface area (Å²) in [6, 6.07) is 10.7. The number of nitrogens with zero attached hydrogens (tertiary/aromatic N) is 1. The molecule has 0 radical (unpaired) electrons. The molecule has 0 amide bonds. The fraction of sp³-hybridized carbons (Fsp3) is 0.0714. The highest BCUT2D eigenvalue weighted by Crippen LogP contribution is 2.38. The zero-order valence-electron chi connectivity index (χ0n) is 9.55. The summed E-state index contributed by atoms with van der Waals surface area (Å²) >= 11 is 24.3. The molecule has 0 atom stereocenters. The Morgan fingerprint density at radius 2 is 1.42 bits per heavy atom. The minimum Gasteiger partial charge on any atom is -0.198 e. The van der Waals surface area contributed by atoms with Crippen molar-refractivity contribution in [3.63, 3.8) is 0 Å². The molecular formula is C14H7Cl4N. The van der Waals surface area contributed by atoms with E-state index in [1.54, 1.807) is 24.3 Å². The van der Waals surface area contributed by atoms with E-state index in [0.717, 1.165) is 11.1 Å². The lowest BCUT2D eigenvalue weighted by Crippen LogP contribution is -1.87. The van der Waals surface area contributed by atoms with Crippen LogP contribution in [0.4, 0.5) is 0 Å². The Morgan fingerprint density at radius 1 is 0.842 bits per heavy atom. The maximum atomic E-state index is 8.75. The van der Waals surface area contributed by atoms with Crippen LogP contribution < -0.4 is 0 Å². The van der Waals surface area contributed by atoms with Gasteiger partial charge in [0.1, 0.15) is 0 Å². The van der Waals surface area contributed by atoms with Crippen molar-refractivity contribution in [3.8, 4) is 17.2 Å². The van der Waals surface area contributed by atoms with Crippen molar-refractivity contribution in [1.82, 2.24) is 0 Å². The van der Waals surface area contributed by atoms with Crippen LogP contribution in [0.1, 0.15) is 5.56 Å². The molecule has 0 heterocycles. The molecule has 0 aromatic heterocycles. The second-order valence-corrected chi connectivity index (χ2v) is 5.61. The van der Waals surface area contributed by atoms with E-state index in [2.05, 4.69) is 6.07 Å². The van der Waals surface area contributed by atoms with Gasteiger partial charge in [0.25, 0.3) is 0 Å².